The summed E-state index contributed by atoms with van der Waals surface area (Å²) in [6.07, 6.45) is -2.37. The van der Waals surface area contributed by atoms with E-state index in [-0.39, 0.29) is 17.4 Å². The van der Waals surface area contributed by atoms with Gasteiger partial charge in [-0.2, -0.15) is 18.3 Å². The molecule has 0 saturated carbocycles. The molecule has 0 saturated heterocycles. The summed E-state index contributed by atoms with van der Waals surface area (Å²) < 4.78 is 43.5. The number of H-pyrrole nitrogens is 1. The summed E-state index contributed by atoms with van der Waals surface area (Å²) in [4.78, 5) is 7.53. The van der Waals surface area contributed by atoms with Crippen LogP contribution in [0.5, 0.6) is 5.88 Å². The van der Waals surface area contributed by atoms with Gasteiger partial charge in [0.1, 0.15) is 5.56 Å². The number of thiazole rings is 1. The maximum absolute atomic E-state index is 13.9. The summed E-state index contributed by atoms with van der Waals surface area (Å²) in [7, 11) is 0. The van der Waals surface area contributed by atoms with Gasteiger partial charge in [0.2, 0.25) is 5.88 Å². The molecule has 0 radical (unpaired) electrons. The van der Waals surface area contributed by atoms with Gasteiger partial charge in [-0.1, -0.05) is 41.7 Å². The molecule has 0 fully saturated rings. The number of hydrogen-bond donors (Lipinski definition) is 2. The third-order valence-electron chi connectivity index (χ3n) is 5.44. The SMILES string of the molecule is Cc1c(C(F)(F)F)c(N=NCCc2c[nH]c3ccccc23)c(O)n1-c1nc2ccccc2s1. The van der Waals surface area contributed by atoms with Gasteiger partial charge in [0.25, 0.3) is 0 Å². The number of nitrogens with one attached hydrogen (secondary N) is 1. The molecule has 0 aliphatic rings. The van der Waals surface area contributed by atoms with Gasteiger partial charge in [0, 0.05) is 22.8 Å². The fraction of sp³-hybridized carbons (Fsp3) is 0.174. The van der Waals surface area contributed by atoms with Crippen LogP contribution in [0.2, 0.25) is 0 Å². The first kappa shape index (κ1) is 21.2. The molecule has 5 aromatic rings. The maximum Gasteiger partial charge on any atom is 0.420 e. The highest BCUT2D eigenvalue weighted by Gasteiger charge is 2.41. The van der Waals surface area contributed by atoms with Crippen LogP contribution in [0.3, 0.4) is 0 Å². The van der Waals surface area contributed by atoms with Crippen molar-refractivity contribution in [3.63, 3.8) is 0 Å². The molecule has 3 aromatic heterocycles. The molecule has 0 aliphatic carbocycles. The molecule has 0 atom stereocenters. The van der Waals surface area contributed by atoms with Crippen molar-refractivity contribution in [3.05, 3.63) is 71.5 Å². The van der Waals surface area contributed by atoms with Crippen LogP contribution in [0.1, 0.15) is 16.8 Å². The Hall–Kier alpha value is -3.66. The number of aromatic nitrogens is 3. The van der Waals surface area contributed by atoms with Crippen LogP contribution in [0.15, 0.2) is 65.0 Å². The molecule has 168 valence electrons. The lowest BCUT2D eigenvalue weighted by Gasteiger charge is -2.07. The van der Waals surface area contributed by atoms with Crippen LogP contribution >= 0.6 is 11.3 Å². The van der Waals surface area contributed by atoms with Gasteiger partial charge >= 0.3 is 6.18 Å². The minimum absolute atomic E-state index is 0.171. The van der Waals surface area contributed by atoms with E-state index in [4.69, 9.17) is 0 Å². The normalized spacial score (nSPS) is 12.5. The second kappa shape index (κ2) is 8.04. The van der Waals surface area contributed by atoms with Crippen molar-refractivity contribution in [2.24, 2.45) is 10.2 Å². The molecule has 33 heavy (non-hydrogen) atoms. The van der Waals surface area contributed by atoms with E-state index in [1.807, 2.05) is 42.6 Å². The van der Waals surface area contributed by atoms with E-state index < -0.39 is 23.3 Å². The fourth-order valence-electron chi connectivity index (χ4n) is 3.91. The van der Waals surface area contributed by atoms with Gasteiger partial charge in [0.05, 0.1) is 16.8 Å². The van der Waals surface area contributed by atoms with Gasteiger partial charge in [-0.05, 0) is 37.1 Å². The Balaban J connectivity index is 1.49. The van der Waals surface area contributed by atoms with Crippen LogP contribution in [0, 0.1) is 6.92 Å². The first-order valence-corrected chi connectivity index (χ1v) is 11.0. The number of azo groups is 1. The Morgan fingerprint density at radius 2 is 1.88 bits per heavy atom. The lowest BCUT2D eigenvalue weighted by molar-refractivity contribution is -0.137. The van der Waals surface area contributed by atoms with Gasteiger partial charge in [-0.25, -0.2) is 4.98 Å². The van der Waals surface area contributed by atoms with Gasteiger partial charge in [-0.3, -0.25) is 4.57 Å². The fourth-order valence-corrected chi connectivity index (χ4v) is 4.93. The number of benzene rings is 2. The van der Waals surface area contributed by atoms with Crippen molar-refractivity contribution in [1.29, 1.82) is 0 Å². The number of halogens is 3. The molecule has 0 unspecified atom stereocenters. The molecule has 6 nitrogen and oxygen atoms in total. The quantitative estimate of drug-likeness (QED) is 0.274. The molecule has 10 heteroatoms. The topological polar surface area (TPSA) is 78.6 Å². The molecule has 0 amide bonds. The third kappa shape index (κ3) is 3.76. The largest absolute Gasteiger partial charge is 0.493 e. The Bertz CT molecular complexity index is 1460. The summed E-state index contributed by atoms with van der Waals surface area (Å²) >= 11 is 1.19. The standard InChI is InChI=1S/C23H18F3N5OS/c1-13-19(23(24,25)26)20(21(32)31(13)22-29-17-8-4-5-9-18(17)33-22)30-28-11-10-14-12-27-16-7-3-2-6-15(14)16/h2-9,12,27,32H,10-11H2,1H3. The summed E-state index contributed by atoms with van der Waals surface area (Å²) in [6.45, 7) is 1.46. The Morgan fingerprint density at radius 3 is 2.67 bits per heavy atom. The van der Waals surface area contributed by atoms with Gasteiger partial charge < -0.3 is 10.1 Å². The van der Waals surface area contributed by atoms with E-state index in [9.17, 15) is 18.3 Å². The number of hydrogen-bond acceptors (Lipinski definition) is 5. The monoisotopic (exact) mass is 469 g/mol. The first-order chi connectivity index (χ1) is 15.8. The number of aromatic hydroxyl groups is 1. The zero-order valence-corrected chi connectivity index (χ0v) is 18.2. The maximum atomic E-state index is 13.9. The molecule has 3 heterocycles. The molecular formula is C23H18F3N5OS. The number of aromatic amines is 1. The average molecular weight is 469 g/mol. The van der Waals surface area contributed by atoms with Gasteiger partial charge in [-0.15, -0.1) is 5.11 Å². The van der Waals surface area contributed by atoms with Crippen LogP contribution in [0.25, 0.3) is 26.3 Å². The Morgan fingerprint density at radius 1 is 1.12 bits per heavy atom. The minimum atomic E-state index is -4.71. The van der Waals surface area contributed by atoms with Crippen LogP contribution in [-0.2, 0) is 12.6 Å². The van der Waals surface area contributed by atoms with E-state index in [0.717, 1.165) is 25.7 Å². The number of fused-ring (bicyclic) bond motifs is 2. The predicted molar refractivity (Wildman–Crippen MR) is 122 cm³/mol. The smallest absolute Gasteiger partial charge is 0.420 e. The van der Waals surface area contributed by atoms with Crippen molar-refractivity contribution < 1.29 is 18.3 Å². The molecular weight excluding hydrogens is 451 g/mol. The molecule has 0 aliphatic heterocycles. The Labute approximate surface area is 190 Å². The van der Waals surface area contributed by atoms with E-state index in [0.29, 0.717) is 11.9 Å². The van der Waals surface area contributed by atoms with E-state index in [2.05, 4.69) is 20.2 Å². The van der Waals surface area contributed by atoms with Crippen LogP contribution in [-0.4, -0.2) is 26.2 Å². The lowest BCUT2D eigenvalue weighted by atomic mass is 10.1. The summed E-state index contributed by atoms with van der Waals surface area (Å²) in [5, 5.41) is 19.8. The molecule has 5 rings (SSSR count). The molecule has 2 N–H and O–H groups in total. The zero-order chi connectivity index (χ0) is 23.2. The van der Waals surface area contributed by atoms with Crippen LogP contribution in [0.4, 0.5) is 18.9 Å². The highest BCUT2D eigenvalue weighted by Crippen LogP contribution is 2.47. The summed E-state index contributed by atoms with van der Waals surface area (Å²) in [6, 6.07) is 15.0. The van der Waals surface area contributed by atoms with Crippen molar-refractivity contribution in [1.82, 2.24) is 14.5 Å². The molecule has 2 aromatic carbocycles. The van der Waals surface area contributed by atoms with Crippen molar-refractivity contribution >= 4 is 38.1 Å². The average Bonchev–Trinajstić information content (AvgIpc) is 3.44. The van der Waals surface area contributed by atoms with Gasteiger partial charge in [0.15, 0.2) is 10.8 Å². The zero-order valence-electron chi connectivity index (χ0n) is 17.4. The van der Waals surface area contributed by atoms with E-state index in [1.54, 1.807) is 12.1 Å². The first-order valence-electron chi connectivity index (χ1n) is 10.1. The summed E-state index contributed by atoms with van der Waals surface area (Å²) in [5.74, 6) is -0.630. The number of para-hydroxylation sites is 2. The number of alkyl halides is 3. The van der Waals surface area contributed by atoms with E-state index in [1.165, 1.54) is 18.3 Å². The highest BCUT2D eigenvalue weighted by molar-refractivity contribution is 7.20. The van der Waals surface area contributed by atoms with Crippen LogP contribution < -0.4 is 0 Å². The van der Waals surface area contributed by atoms with Crippen molar-refractivity contribution in [2.45, 2.75) is 19.5 Å². The second-order valence-electron chi connectivity index (χ2n) is 7.50. The minimum Gasteiger partial charge on any atom is -0.493 e. The highest BCUT2D eigenvalue weighted by atomic mass is 32.1. The predicted octanol–water partition coefficient (Wildman–Crippen LogP) is 6.93. The number of nitrogens with zero attached hydrogens (tertiary/aromatic N) is 4. The third-order valence-corrected chi connectivity index (χ3v) is 6.46. The van der Waals surface area contributed by atoms with Crippen molar-refractivity contribution in [3.8, 4) is 11.0 Å². The molecule has 0 spiro atoms. The van der Waals surface area contributed by atoms with E-state index >= 15 is 0 Å². The lowest BCUT2D eigenvalue weighted by Crippen LogP contribution is -2.07. The second-order valence-corrected chi connectivity index (χ2v) is 8.51. The molecule has 0 bridgehead atoms. The van der Waals surface area contributed by atoms with Crippen molar-refractivity contribution in [2.75, 3.05) is 6.54 Å². The summed E-state index contributed by atoms with van der Waals surface area (Å²) in [5.41, 5.74) is 0.802. The number of rotatable bonds is 5. The Kier molecular flexibility index (Phi) is 5.16.